The molecule has 0 aliphatic carbocycles. The highest BCUT2D eigenvalue weighted by Gasteiger charge is 2.47. The molecule has 1 saturated heterocycles. The summed E-state index contributed by atoms with van der Waals surface area (Å²) in [7, 11) is 4.76. The second kappa shape index (κ2) is 14.4. The highest BCUT2D eigenvalue weighted by Crippen LogP contribution is 2.34. The molecule has 232 valence electrons. The van der Waals surface area contributed by atoms with Crippen molar-refractivity contribution in [3.05, 3.63) is 123 Å². The van der Waals surface area contributed by atoms with Crippen LogP contribution in [0.15, 0.2) is 94.6 Å². The predicted octanol–water partition coefficient (Wildman–Crippen LogP) is 3.14. The van der Waals surface area contributed by atoms with Crippen LogP contribution < -0.4 is 25.5 Å². The van der Waals surface area contributed by atoms with Crippen molar-refractivity contribution in [2.24, 2.45) is 0 Å². The highest BCUT2D eigenvalue weighted by molar-refractivity contribution is 5.28. The average molecular weight is 605 g/mol. The number of rotatable bonds is 13. The van der Waals surface area contributed by atoms with E-state index in [0.29, 0.717) is 11.5 Å². The summed E-state index contributed by atoms with van der Waals surface area (Å²) in [5.74, 6) is 2.09. The van der Waals surface area contributed by atoms with Gasteiger partial charge in [0, 0.05) is 12.3 Å². The summed E-state index contributed by atoms with van der Waals surface area (Å²) >= 11 is 0. The van der Waals surface area contributed by atoms with Crippen LogP contribution in [0.3, 0.4) is 0 Å². The molecule has 4 atom stereocenters. The fourth-order valence-electron chi connectivity index (χ4n) is 5.07. The molecule has 44 heavy (non-hydrogen) atoms. The smallest absolute Gasteiger partial charge is 0.333 e. The molecule has 0 bridgehead atoms. The van der Waals surface area contributed by atoms with Crippen LogP contribution in [0, 0.1) is 0 Å². The molecular formula is C33H36N2O9. The van der Waals surface area contributed by atoms with Gasteiger partial charge in [0.1, 0.15) is 35.6 Å². The first kappa shape index (κ1) is 31.0. The van der Waals surface area contributed by atoms with E-state index in [1.54, 1.807) is 45.6 Å². The van der Waals surface area contributed by atoms with Gasteiger partial charge in [-0.05, 0) is 53.1 Å². The minimum Gasteiger partial charge on any atom is -0.497 e. The number of ether oxygens (including phenoxy) is 6. The van der Waals surface area contributed by atoms with Crippen LogP contribution >= 0.6 is 0 Å². The van der Waals surface area contributed by atoms with Crippen molar-refractivity contribution in [3.8, 4) is 17.2 Å². The average Bonchev–Trinajstić information content (AvgIpc) is 3.42. The molecule has 1 aliphatic heterocycles. The third-order valence-corrected chi connectivity index (χ3v) is 7.54. The monoisotopic (exact) mass is 604 g/mol. The molecule has 1 aromatic heterocycles. The largest absolute Gasteiger partial charge is 0.497 e. The Morgan fingerprint density at radius 1 is 0.682 bits per heavy atom. The van der Waals surface area contributed by atoms with E-state index in [0.717, 1.165) is 27.0 Å². The van der Waals surface area contributed by atoms with E-state index < -0.39 is 35.8 Å². The van der Waals surface area contributed by atoms with Crippen LogP contribution in [0.4, 0.5) is 0 Å². The predicted molar refractivity (Wildman–Crippen MR) is 161 cm³/mol. The number of aliphatic hydroxyl groups excluding tert-OH is 1. The summed E-state index contributed by atoms with van der Waals surface area (Å²) in [6.45, 7) is 0.0602. The molecule has 4 aromatic rings. The molecule has 11 nitrogen and oxygen atoms in total. The van der Waals surface area contributed by atoms with Crippen molar-refractivity contribution < 1.29 is 33.5 Å². The molecule has 1 N–H and O–H groups in total. The lowest BCUT2D eigenvalue weighted by Gasteiger charge is -2.26. The van der Waals surface area contributed by atoms with Crippen LogP contribution in [0.2, 0.25) is 0 Å². The van der Waals surface area contributed by atoms with Crippen LogP contribution in [0.5, 0.6) is 17.2 Å². The van der Waals surface area contributed by atoms with E-state index in [4.69, 9.17) is 28.4 Å². The van der Waals surface area contributed by atoms with Crippen molar-refractivity contribution in [2.45, 2.75) is 44.3 Å². The van der Waals surface area contributed by atoms with Gasteiger partial charge in [-0.15, -0.1) is 0 Å². The molecule has 0 spiro atoms. The molecule has 0 amide bonds. The van der Waals surface area contributed by atoms with Gasteiger partial charge in [0.25, 0.3) is 5.56 Å². The van der Waals surface area contributed by atoms with E-state index in [1.807, 2.05) is 48.5 Å². The maximum absolute atomic E-state index is 13.8. The molecule has 0 radical (unpaired) electrons. The molecule has 1 fully saturated rings. The van der Waals surface area contributed by atoms with Gasteiger partial charge < -0.3 is 33.5 Å². The second-order valence-electron chi connectivity index (χ2n) is 10.3. The van der Waals surface area contributed by atoms with Crippen molar-refractivity contribution in [1.29, 1.82) is 0 Å². The van der Waals surface area contributed by atoms with Gasteiger partial charge >= 0.3 is 5.69 Å². The first-order chi connectivity index (χ1) is 21.4. The lowest BCUT2D eigenvalue weighted by atomic mass is 10.1. The standard InChI is InChI=1S/C33H36N2O9/c1-39-25-10-4-22(5-11-25)18-35-29(37)16-17-34(33(35)38)32-31(43-21-24-8-14-27(41-3)15-9-24)30(28(19-36)44-32)42-20-23-6-12-26(40-2)13-7-23/h4-17,28,30-32,36H,18-21H2,1-3H3/t28-,30-,31-,32-/m1/s1. The van der Waals surface area contributed by atoms with Gasteiger partial charge in [0.2, 0.25) is 0 Å². The molecule has 5 rings (SSSR count). The van der Waals surface area contributed by atoms with Gasteiger partial charge in [0.15, 0.2) is 6.23 Å². The summed E-state index contributed by atoms with van der Waals surface area (Å²) < 4.78 is 37.1. The zero-order valence-electron chi connectivity index (χ0n) is 24.8. The number of hydrogen-bond acceptors (Lipinski definition) is 9. The number of benzene rings is 3. The zero-order valence-corrected chi connectivity index (χ0v) is 24.8. The Balaban J connectivity index is 1.44. The van der Waals surface area contributed by atoms with Crippen LogP contribution in [0.1, 0.15) is 22.9 Å². The van der Waals surface area contributed by atoms with Crippen LogP contribution in [0.25, 0.3) is 0 Å². The maximum atomic E-state index is 13.8. The maximum Gasteiger partial charge on any atom is 0.333 e. The minimum absolute atomic E-state index is 0.0490. The number of aliphatic hydroxyl groups is 1. The lowest BCUT2D eigenvalue weighted by Crippen LogP contribution is -2.44. The third-order valence-electron chi connectivity index (χ3n) is 7.54. The summed E-state index contributed by atoms with van der Waals surface area (Å²) in [4.78, 5) is 26.6. The molecule has 3 aromatic carbocycles. The number of nitrogens with zero attached hydrogens (tertiary/aromatic N) is 2. The highest BCUT2D eigenvalue weighted by atomic mass is 16.6. The second-order valence-corrected chi connectivity index (χ2v) is 10.3. The Bertz CT molecular complexity index is 1620. The SMILES string of the molecule is COc1ccc(CO[C@@H]2[C@H](OCc3ccc(OC)cc3)[C@@H](CO)O[C@H]2n2ccc(=O)n(Cc3ccc(OC)cc3)c2=O)cc1. The Morgan fingerprint density at radius 3 is 1.64 bits per heavy atom. The van der Waals surface area contributed by atoms with Gasteiger partial charge in [-0.3, -0.25) is 13.9 Å². The molecule has 11 heteroatoms. The molecule has 2 heterocycles. The first-order valence-corrected chi connectivity index (χ1v) is 14.1. The zero-order chi connectivity index (χ0) is 31.1. The molecule has 0 unspecified atom stereocenters. The Kier molecular flexibility index (Phi) is 10.1. The Morgan fingerprint density at radius 2 is 1.16 bits per heavy atom. The van der Waals surface area contributed by atoms with Crippen molar-refractivity contribution in [2.75, 3.05) is 27.9 Å². The first-order valence-electron chi connectivity index (χ1n) is 14.1. The van der Waals surface area contributed by atoms with Gasteiger partial charge in [-0.25, -0.2) is 4.79 Å². The minimum atomic E-state index is -0.985. The molecular weight excluding hydrogens is 568 g/mol. The quantitative estimate of drug-likeness (QED) is 0.246. The van der Waals surface area contributed by atoms with E-state index in [9.17, 15) is 14.7 Å². The summed E-state index contributed by atoms with van der Waals surface area (Å²) in [5.41, 5.74) is 1.45. The molecule has 1 aliphatic rings. The summed E-state index contributed by atoms with van der Waals surface area (Å²) in [5, 5.41) is 10.3. The van der Waals surface area contributed by atoms with Crippen molar-refractivity contribution in [1.82, 2.24) is 9.13 Å². The van der Waals surface area contributed by atoms with Gasteiger partial charge in [0.05, 0.1) is 47.7 Å². The van der Waals surface area contributed by atoms with E-state index in [1.165, 1.54) is 16.8 Å². The van der Waals surface area contributed by atoms with Crippen LogP contribution in [-0.4, -0.2) is 60.5 Å². The van der Waals surface area contributed by atoms with E-state index >= 15 is 0 Å². The fourth-order valence-corrected chi connectivity index (χ4v) is 5.07. The number of aromatic nitrogens is 2. The Labute approximate surface area is 254 Å². The van der Waals surface area contributed by atoms with Crippen molar-refractivity contribution >= 4 is 0 Å². The van der Waals surface area contributed by atoms with Gasteiger partial charge in [-0.1, -0.05) is 36.4 Å². The Hall–Kier alpha value is -4.42. The van der Waals surface area contributed by atoms with Crippen LogP contribution in [-0.2, 0) is 34.0 Å². The fraction of sp³-hybridized carbons (Fsp3) is 0.333. The number of methoxy groups -OCH3 is 3. The van der Waals surface area contributed by atoms with Crippen molar-refractivity contribution in [3.63, 3.8) is 0 Å². The normalized spacial score (nSPS) is 19.5. The topological polar surface area (TPSA) is 120 Å². The molecule has 0 saturated carbocycles. The van der Waals surface area contributed by atoms with E-state index in [-0.39, 0.29) is 26.4 Å². The number of hydrogen-bond donors (Lipinski definition) is 1. The summed E-state index contributed by atoms with van der Waals surface area (Å²) in [6.07, 6.45) is -1.94. The third kappa shape index (κ3) is 7.03. The summed E-state index contributed by atoms with van der Waals surface area (Å²) in [6, 6.07) is 23.3. The lowest BCUT2D eigenvalue weighted by molar-refractivity contribution is -0.0916. The van der Waals surface area contributed by atoms with E-state index in [2.05, 4.69) is 0 Å². The van der Waals surface area contributed by atoms with Gasteiger partial charge in [-0.2, -0.15) is 0 Å².